The Balaban J connectivity index is 2.18. The molecule has 2 aromatic rings. The van der Waals surface area contributed by atoms with E-state index in [2.05, 4.69) is 4.98 Å². The summed E-state index contributed by atoms with van der Waals surface area (Å²) in [5.41, 5.74) is 0.900. The largest absolute Gasteiger partial charge is 0.467 e. The summed E-state index contributed by atoms with van der Waals surface area (Å²) in [5, 5.41) is 0. The van der Waals surface area contributed by atoms with Crippen LogP contribution >= 0.6 is 11.3 Å². The summed E-state index contributed by atoms with van der Waals surface area (Å²) in [6.07, 6.45) is -6.42. The van der Waals surface area contributed by atoms with Crippen LogP contribution in [0.2, 0.25) is 0 Å². The number of carbonyl (C=O) groups is 3. The molecule has 0 aliphatic heterocycles. The standard InChI is InChI=1S/C23H27F3N2O6S/c1-14(20(30)34-22(2,3)4)33-21(31)28(5)10-18-19(35-12-27-18)17(11-32-13-29)15-6-8-16(9-7-15)23(24,25)26/h6-9,12-14,17H,10-11H2,1-5H3. The maximum absolute atomic E-state index is 12.9. The van der Waals surface area contributed by atoms with Gasteiger partial charge in [-0.15, -0.1) is 11.3 Å². The molecule has 0 saturated heterocycles. The van der Waals surface area contributed by atoms with Crippen molar-refractivity contribution in [2.45, 2.75) is 58.0 Å². The van der Waals surface area contributed by atoms with Crippen molar-refractivity contribution in [3.8, 4) is 0 Å². The summed E-state index contributed by atoms with van der Waals surface area (Å²) in [5.74, 6) is -1.29. The van der Waals surface area contributed by atoms with E-state index in [1.54, 1.807) is 20.8 Å². The summed E-state index contributed by atoms with van der Waals surface area (Å²) < 4.78 is 54.1. The quantitative estimate of drug-likeness (QED) is 0.269. The van der Waals surface area contributed by atoms with Gasteiger partial charge in [-0.05, 0) is 45.4 Å². The fourth-order valence-electron chi connectivity index (χ4n) is 3.01. The van der Waals surface area contributed by atoms with Crippen molar-refractivity contribution in [3.05, 3.63) is 51.5 Å². The Kier molecular flexibility index (Phi) is 9.24. The van der Waals surface area contributed by atoms with Gasteiger partial charge in [0, 0.05) is 11.9 Å². The van der Waals surface area contributed by atoms with Crippen molar-refractivity contribution in [1.82, 2.24) is 9.88 Å². The molecule has 1 amide bonds. The number of halogens is 3. The van der Waals surface area contributed by atoms with Gasteiger partial charge in [-0.25, -0.2) is 14.6 Å². The van der Waals surface area contributed by atoms with Gasteiger partial charge in [0.1, 0.15) is 12.2 Å². The molecule has 0 aliphatic rings. The zero-order valence-electron chi connectivity index (χ0n) is 19.9. The van der Waals surface area contributed by atoms with Gasteiger partial charge in [0.25, 0.3) is 6.47 Å². The third-order valence-corrected chi connectivity index (χ3v) is 5.66. The Labute approximate surface area is 205 Å². The fourth-order valence-corrected chi connectivity index (χ4v) is 3.92. The summed E-state index contributed by atoms with van der Waals surface area (Å²) in [7, 11) is 1.45. The highest BCUT2D eigenvalue weighted by Gasteiger charge is 2.31. The smallest absolute Gasteiger partial charge is 0.416 e. The maximum Gasteiger partial charge on any atom is 0.416 e. The summed E-state index contributed by atoms with van der Waals surface area (Å²) in [6, 6.07) is 4.52. The predicted octanol–water partition coefficient (Wildman–Crippen LogP) is 4.77. The molecule has 0 spiro atoms. The van der Waals surface area contributed by atoms with Gasteiger partial charge in [-0.1, -0.05) is 12.1 Å². The number of aromatic nitrogens is 1. The van der Waals surface area contributed by atoms with E-state index in [1.165, 1.54) is 47.9 Å². The third kappa shape index (κ3) is 8.23. The van der Waals surface area contributed by atoms with Crippen LogP contribution in [-0.4, -0.2) is 53.8 Å². The van der Waals surface area contributed by atoms with Crippen molar-refractivity contribution in [2.24, 2.45) is 0 Å². The van der Waals surface area contributed by atoms with Gasteiger partial charge < -0.3 is 19.1 Å². The molecule has 0 N–H and O–H groups in total. The number of carbonyl (C=O) groups excluding carboxylic acids is 3. The lowest BCUT2D eigenvalue weighted by atomic mass is 9.96. The van der Waals surface area contributed by atoms with Crippen molar-refractivity contribution in [3.63, 3.8) is 0 Å². The van der Waals surface area contributed by atoms with E-state index in [1.807, 2.05) is 0 Å². The Morgan fingerprint density at radius 2 is 1.80 bits per heavy atom. The Morgan fingerprint density at radius 1 is 1.17 bits per heavy atom. The highest BCUT2D eigenvalue weighted by molar-refractivity contribution is 7.09. The first-order valence-corrected chi connectivity index (χ1v) is 11.4. The Morgan fingerprint density at radius 3 is 2.34 bits per heavy atom. The Bertz CT molecular complexity index is 1020. The molecule has 0 fully saturated rings. The number of benzene rings is 1. The van der Waals surface area contributed by atoms with E-state index in [9.17, 15) is 27.6 Å². The lowest BCUT2D eigenvalue weighted by Crippen LogP contribution is -2.36. The minimum atomic E-state index is -4.48. The number of esters is 1. The van der Waals surface area contributed by atoms with Crippen LogP contribution in [0.15, 0.2) is 29.8 Å². The van der Waals surface area contributed by atoms with Crippen LogP contribution in [0.1, 0.15) is 55.3 Å². The number of hydrogen-bond donors (Lipinski definition) is 0. The van der Waals surface area contributed by atoms with Crippen LogP contribution in [0.4, 0.5) is 18.0 Å². The average Bonchev–Trinajstić information content (AvgIpc) is 3.20. The first kappa shape index (κ1) is 28.1. The molecule has 8 nitrogen and oxygen atoms in total. The van der Waals surface area contributed by atoms with Gasteiger partial charge >= 0.3 is 18.2 Å². The summed E-state index contributed by atoms with van der Waals surface area (Å²) in [4.78, 5) is 41.4. The molecule has 0 radical (unpaired) electrons. The molecule has 2 rings (SSSR count). The summed E-state index contributed by atoms with van der Waals surface area (Å²) in [6.45, 7) is 6.57. The molecule has 1 heterocycles. The predicted molar refractivity (Wildman–Crippen MR) is 121 cm³/mol. The number of ether oxygens (including phenoxy) is 3. The molecule has 1 aromatic carbocycles. The molecule has 2 unspecified atom stereocenters. The minimum absolute atomic E-state index is 0.0169. The zero-order chi connectivity index (χ0) is 26.4. The first-order valence-electron chi connectivity index (χ1n) is 10.5. The van der Waals surface area contributed by atoms with Gasteiger partial charge in [-0.3, -0.25) is 4.79 Å². The number of hydrogen-bond acceptors (Lipinski definition) is 8. The van der Waals surface area contributed by atoms with Crippen molar-refractivity contribution in [2.75, 3.05) is 13.7 Å². The van der Waals surface area contributed by atoms with Crippen LogP contribution in [0.5, 0.6) is 0 Å². The normalized spacial score (nSPS) is 13.5. The van der Waals surface area contributed by atoms with E-state index in [0.717, 1.165) is 12.1 Å². The van der Waals surface area contributed by atoms with Gasteiger partial charge in [0.2, 0.25) is 0 Å². The van der Waals surface area contributed by atoms with Crippen molar-refractivity contribution >= 4 is 29.9 Å². The second-order valence-corrected chi connectivity index (χ2v) is 9.57. The second kappa shape index (κ2) is 11.5. The number of alkyl halides is 3. The number of amides is 1. The van der Waals surface area contributed by atoms with Crippen LogP contribution in [0.25, 0.3) is 0 Å². The molecule has 192 valence electrons. The molecule has 2 atom stereocenters. The van der Waals surface area contributed by atoms with Crippen LogP contribution in [-0.2, 0) is 36.5 Å². The zero-order valence-corrected chi connectivity index (χ0v) is 20.7. The molecule has 35 heavy (non-hydrogen) atoms. The van der Waals surface area contributed by atoms with E-state index in [-0.39, 0.29) is 19.6 Å². The molecule has 12 heteroatoms. The van der Waals surface area contributed by atoms with E-state index >= 15 is 0 Å². The first-order chi connectivity index (χ1) is 16.2. The van der Waals surface area contributed by atoms with Gasteiger partial charge in [0.05, 0.1) is 29.2 Å². The van der Waals surface area contributed by atoms with E-state index < -0.39 is 41.4 Å². The van der Waals surface area contributed by atoms with Crippen LogP contribution in [0.3, 0.4) is 0 Å². The highest BCUT2D eigenvalue weighted by Crippen LogP contribution is 2.34. The van der Waals surface area contributed by atoms with E-state index in [0.29, 0.717) is 16.1 Å². The third-order valence-electron chi connectivity index (χ3n) is 4.68. The maximum atomic E-state index is 12.9. The second-order valence-electron chi connectivity index (χ2n) is 8.68. The minimum Gasteiger partial charge on any atom is -0.467 e. The summed E-state index contributed by atoms with van der Waals surface area (Å²) >= 11 is 1.21. The van der Waals surface area contributed by atoms with Crippen LogP contribution in [0, 0.1) is 0 Å². The molecular weight excluding hydrogens is 489 g/mol. The Hall–Kier alpha value is -3.15. The van der Waals surface area contributed by atoms with E-state index in [4.69, 9.17) is 14.2 Å². The van der Waals surface area contributed by atoms with Crippen LogP contribution < -0.4 is 0 Å². The lowest BCUT2D eigenvalue weighted by molar-refractivity contribution is -0.164. The molecule has 1 aromatic heterocycles. The number of rotatable bonds is 9. The topological polar surface area (TPSA) is 95.0 Å². The number of nitrogens with zero attached hydrogens (tertiary/aromatic N) is 2. The number of thiazole rings is 1. The molecular formula is C23H27F3N2O6S. The fraction of sp³-hybridized carbons (Fsp3) is 0.478. The van der Waals surface area contributed by atoms with Crippen molar-refractivity contribution < 1.29 is 41.8 Å². The highest BCUT2D eigenvalue weighted by atomic mass is 32.1. The molecule has 0 bridgehead atoms. The van der Waals surface area contributed by atoms with Crippen molar-refractivity contribution in [1.29, 1.82) is 0 Å². The van der Waals surface area contributed by atoms with Gasteiger partial charge in [-0.2, -0.15) is 13.2 Å². The van der Waals surface area contributed by atoms with Gasteiger partial charge in [0.15, 0.2) is 6.10 Å². The monoisotopic (exact) mass is 516 g/mol. The lowest BCUT2D eigenvalue weighted by Gasteiger charge is -2.24. The molecule has 0 saturated carbocycles. The average molecular weight is 517 g/mol. The SMILES string of the molecule is CC(OC(=O)N(C)Cc1ncsc1C(COC=O)c1ccc(C(F)(F)F)cc1)C(=O)OC(C)(C)C. The molecule has 0 aliphatic carbocycles.